The van der Waals surface area contributed by atoms with Gasteiger partial charge in [-0.25, -0.2) is 4.79 Å². The molecule has 0 bridgehead atoms. The number of thiophene rings is 2. The summed E-state index contributed by atoms with van der Waals surface area (Å²) in [5.74, 6) is 0.991. The summed E-state index contributed by atoms with van der Waals surface area (Å²) in [6.07, 6.45) is 0. The van der Waals surface area contributed by atoms with Crippen LogP contribution in [0.25, 0.3) is 20.9 Å². The van der Waals surface area contributed by atoms with Crippen molar-refractivity contribution in [3.63, 3.8) is 0 Å². The number of methoxy groups -OCH3 is 3. The molecule has 2 heterocycles. The molecular formula is C18H16O4S2. The van der Waals surface area contributed by atoms with E-state index < -0.39 is 0 Å². The first-order valence-corrected chi connectivity index (χ1v) is 8.86. The van der Waals surface area contributed by atoms with E-state index in [4.69, 9.17) is 14.2 Å². The zero-order chi connectivity index (χ0) is 17.1. The van der Waals surface area contributed by atoms with E-state index >= 15 is 0 Å². The molecule has 124 valence electrons. The van der Waals surface area contributed by atoms with Crippen LogP contribution in [0.3, 0.4) is 0 Å². The molecule has 0 aliphatic rings. The van der Waals surface area contributed by atoms with E-state index in [1.807, 2.05) is 41.8 Å². The Morgan fingerprint density at radius 3 is 2.42 bits per heavy atom. The second kappa shape index (κ2) is 7.07. The zero-order valence-corrected chi connectivity index (χ0v) is 15.1. The van der Waals surface area contributed by atoms with Gasteiger partial charge in [0.05, 0.1) is 26.2 Å². The molecule has 0 fully saturated rings. The van der Waals surface area contributed by atoms with Gasteiger partial charge in [0.1, 0.15) is 4.88 Å². The number of hydrogen-bond acceptors (Lipinski definition) is 6. The summed E-state index contributed by atoms with van der Waals surface area (Å²) in [7, 11) is 4.60. The minimum Gasteiger partial charge on any atom is -0.493 e. The average molecular weight is 360 g/mol. The Hall–Kier alpha value is -2.31. The summed E-state index contributed by atoms with van der Waals surface area (Å²) in [4.78, 5) is 14.7. The smallest absolute Gasteiger partial charge is 0.348 e. The Kier molecular flexibility index (Phi) is 4.87. The van der Waals surface area contributed by atoms with Gasteiger partial charge in [-0.2, -0.15) is 0 Å². The molecule has 3 aromatic rings. The molecule has 0 saturated carbocycles. The van der Waals surface area contributed by atoms with Crippen LogP contribution >= 0.6 is 22.7 Å². The Labute approximate surface area is 148 Å². The van der Waals surface area contributed by atoms with Crippen LogP contribution in [0, 0.1) is 0 Å². The summed E-state index contributed by atoms with van der Waals surface area (Å²) in [6, 6.07) is 11.6. The van der Waals surface area contributed by atoms with Crippen LogP contribution in [0.4, 0.5) is 0 Å². The number of carbonyl (C=O) groups is 1. The Morgan fingerprint density at radius 2 is 1.79 bits per heavy atom. The molecule has 2 aromatic heterocycles. The van der Waals surface area contributed by atoms with Crippen molar-refractivity contribution in [1.82, 2.24) is 0 Å². The standard InChI is InChI=1S/C18H16O4S2/c1-20-13-7-6-11(9-14(13)21-2)12-10-16(18(19)22-3)24-17(12)15-5-4-8-23-15/h4-10H,1-3H3. The molecule has 0 aliphatic heterocycles. The minimum absolute atomic E-state index is 0.329. The number of esters is 1. The molecular weight excluding hydrogens is 344 g/mol. The van der Waals surface area contributed by atoms with E-state index in [-0.39, 0.29) is 5.97 Å². The highest BCUT2D eigenvalue weighted by molar-refractivity contribution is 7.22. The number of carbonyl (C=O) groups excluding carboxylic acids is 1. The summed E-state index contributed by atoms with van der Waals surface area (Å²) in [5.41, 5.74) is 1.94. The van der Waals surface area contributed by atoms with Crippen molar-refractivity contribution in [2.75, 3.05) is 21.3 Å². The molecule has 3 rings (SSSR count). The molecule has 0 N–H and O–H groups in total. The third kappa shape index (κ3) is 3.02. The maximum absolute atomic E-state index is 12.0. The first-order valence-electron chi connectivity index (χ1n) is 7.16. The van der Waals surface area contributed by atoms with Gasteiger partial charge < -0.3 is 14.2 Å². The van der Waals surface area contributed by atoms with Gasteiger partial charge in [0.2, 0.25) is 0 Å². The molecule has 0 radical (unpaired) electrons. The SMILES string of the molecule is COC(=O)c1cc(-c2ccc(OC)c(OC)c2)c(-c2cccs2)s1. The fourth-order valence-corrected chi connectivity index (χ4v) is 4.37. The first kappa shape index (κ1) is 16.5. The van der Waals surface area contributed by atoms with Crippen molar-refractivity contribution in [2.24, 2.45) is 0 Å². The Balaban J connectivity index is 2.16. The molecule has 0 atom stereocenters. The lowest BCUT2D eigenvalue weighted by Crippen LogP contribution is -1.96. The quantitative estimate of drug-likeness (QED) is 0.604. The molecule has 0 spiro atoms. The van der Waals surface area contributed by atoms with Gasteiger partial charge in [-0.1, -0.05) is 12.1 Å². The van der Waals surface area contributed by atoms with Gasteiger partial charge in [0.25, 0.3) is 0 Å². The first-order chi connectivity index (χ1) is 11.7. The second-order valence-electron chi connectivity index (χ2n) is 4.89. The molecule has 1 aromatic carbocycles. The van der Waals surface area contributed by atoms with Gasteiger partial charge in [-0.05, 0) is 35.2 Å². The average Bonchev–Trinajstić information content (AvgIpc) is 3.29. The van der Waals surface area contributed by atoms with Crippen molar-refractivity contribution in [1.29, 1.82) is 0 Å². The maximum Gasteiger partial charge on any atom is 0.348 e. The third-order valence-corrected chi connectivity index (χ3v) is 5.72. The van der Waals surface area contributed by atoms with E-state index in [9.17, 15) is 4.79 Å². The maximum atomic E-state index is 12.0. The number of rotatable bonds is 5. The largest absolute Gasteiger partial charge is 0.493 e. The molecule has 0 unspecified atom stereocenters. The normalized spacial score (nSPS) is 10.5. The molecule has 0 aliphatic carbocycles. The van der Waals surface area contributed by atoms with E-state index in [2.05, 4.69) is 0 Å². The Morgan fingerprint density at radius 1 is 1.00 bits per heavy atom. The molecule has 0 saturated heterocycles. The van der Waals surface area contributed by atoms with Crippen LogP contribution in [0.1, 0.15) is 9.67 Å². The monoisotopic (exact) mass is 360 g/mol. The van der Waals surface area contributed by atoms with Crippen LogP contribution in [-0.2, 0) is 4.74 Å². The van der Waals surface area contributed by atoms with Crippen molar-refractivity contribution in [3.8, 4) is 32.4 Å². The molecule has 0 amide bonds. The third-order valence-electron chi connectivity index (χ3n) is 3.56. The predicted molar refractivity (Wildman–Crippen MR) is 97.5 cm³/mol. The second-order valence-corrected chi connectivity index (χ2v) is 6.89. The number of benzene rings is 1. The van der Waals surface area contributed by atoms with E-state index in [0.29, 0.717) is 16.4 Å². The van der Waals surface area contributed by atoms with Gasteiger partial charge in [-0.3, -0.25) is 0 Å². The fraction of sp³-hybridized carbons (Fsp3) is 0.167. The lowest BCUT2D eigenvalue weighted by molar-refractivity contribution is 0.0606. The molecule has 24 heavy (non-hydrogen) atoms. The van der Waals surface area contributed by atoms with Crippen LogP contribution in [0.5, 0.6) is 11.5 Å². The van der Waals surface area contributed by atoms with Crippen molar-refractivity contribution in [2.45, 2.75) is 0 Å². The fourth-order valence-electron chi connectivity index (χ4n) is 2.40. The van der Waals surface area contributed by atoms with Crippen molar-refractivity contribution < 1.29 is 19.0 Å². The highest BCUT2D eigenvalue weighted by atomic mass is 32.1. The van der Waals surface area contributed by atoms with Gasteiger partial charge in [0.15, 0.2) is 11.5 Å². The van der Waals surface area contributed by atoms with Gasteiger partial charge in [0, 0.05) is 10.4 Å². The minimum atomic E-state index is -0.329. The lowest BCUT2D eigenvalue weighted by atomic mass is 10.0. The highest BCUT2D eigenvalue weighted by Gasteiger charge is 2.19. The summed E-state index contributed by atoms with van der Waals surface area (Å²) >= 11 is 3.07. The summed E-state index contributed by atoms with van der Waals surface area (Å²) in [6.45, 7) is 0. The summed E-state index contributed by atoms with van der Waals surface area (Å²) < 4.78 is 15.6. The van der Waals surface area contributed by atoms with Crippen LogP contribution in [0.2, 0.25) is 0 Å². The zero-order valence-electron chi connectivity index (χ0n) is 13.5. The molecule has 4 nitrogen and oxygen atoms in total. The van der Waals surface area contributed by atoms with Crippen molar-refractivity contribution in [3.05, 3.63) is 46.7 Å². The highest BCUT2D eigenvalue weighted by Crippen LogP contribution is 2.43. The van der Waals surface area contributed by atoms with Crippen molar-refractivity contribution >= 4 is 28.6 Å². The van der Waals surface area contributed by atoms with Crippen LogP contribution in [-0.4, -0.2) is 27.3 Å². The molecule has 6 heteroatoms. The van der Waals surface area contributed by atoms with Crippen LogP contribution in [0.15, 0.2) is 41.8 Å². The number of ether oxygens (including phenoxy) is 3. The Bertz CT molecular complexity index is 850. The van der Waals surface area contributed by atoms with Gasteiger partial charge >= 0.3 is 5.97 Å². The topological polar surface area (TPSA) is 44.8 Å². The summed E-state index contributed by atoms with van der Waals surface area (Å²) in [5, 5.41) is 2.02. The van der Waals surface area contributed by atoms with E-state index in [0.717, 1.165) is 20.9 Å². The number of hydrogen-bond donors (Lipinski definition) is 0. The van der Waals surface area contributed by atoms with E-state index in [1.165, 1.54) is 18.4 Å². The van der Waals surface area contributed by atoms with Crippen LogP contribution < -0.4 is 9.47 Å². The van der Waals surface area contributed by atoms with E-state index in [1.54, 1.807) is 25.6 Å². The van der Waals surface area contributed by atoms with Gasteiger partial charge in [-0.15, -0.1) is 22.7 Å². The predicted octanol–water partition coefficient (Wildman–Crippen LogP) is 4.95. The lowest BCUT2D eigenvalue weighted by Gasteiger charge is -2.10.